The van der Waals surface area contributed by atoms with Crippen molar-refractivity contribution >= 4 is 35.7 Å². The van der Waals surface area contributed by atoms with Crippen molar-refractivity contribution in [1.82, 2.24) is 10.1 Å². The molecule has 0 amide bonds. The standard InChI is InChI=1S/C16H18ClN3O.ClH/c1-11(12-5-4-6-13(17)10-12)9-14-19-15(20-21-14)16(18)7-2-3-8-16;/h4-6,9-10H,2-3,7-8,18H2,1H3;1H/b11-9-;. The SMILES string of the molecule is C/C(=C/c1nc(C2(N)CCCC2)no1)c1cccc(Cl)c1.Cl. The molecule has 2 N–H and O–H groups in total. The van der Waals surface area contributed by atoms with Gasteiger partial charge in [-0.15, -0.1) is 12.4 Å². The molecule has 0 bridgehead atoms. The molecule has 4 nitrogen and oxygen atoms in total. The summed E-state index contributed by atoms with van der Waals surface area (Å²) in [5, 5.41) is 4.76. The normalized spacial score (nSPS) is 17.3. The molecule has 2 aromatic rings. The predicted octanol–water partition coefficient (Wildman–Crippen LogP) is 4.43. The number of allylic oxidation sites excluding steroid dienone is 1. The number of halogens is 2. The Morgan fingerprint density at radius 2 is 2.09 bits per heavy atom. The Morgan fingerprint density at radius 1 is 1.36 bits per heavy atom. The van der Waals surface area contributed by atoms with Crippen LogP contribution in [0.5, 0.6) is 0 Å². The molecule has 1 aliphatic rings. The van der Waals surface area contributed by atoms with Gasteiger partial charge in [0.15, 0.2) is 5.82 Å². The first-order valence-electron chi connectivity index (χ1n) is 7.14. The van der Waals surface area contributed by atoms with E-state index in [9.17, 15) is 0 Å². The van der Waals surface area contributed by atoms with Gasteiger partial charge < -0.3 is 10.3 Å². The van der Waals surface area contributed by atoms with Gasteiger partial charge in [-0.05, 0) is 43.0 Å². The monoisotopic (exact) mass is 339 g/mol. The lowest BCUT2D eigenvalue weighted by molar-refractivity contribution is 0.364. The Hall–Kier alpha value is -1.36. The lowest BCUT2D eigenvalue weighted by Crippen LogP contribution is -2.34. The summed E-state index contributed by atoms with van der Waals surface area (Å²) in [6, 6.07) is 7.67. The summed E-state index contributed by atoms with van der Waals surface area (Å²) >= 11 is 6.01. The first kappa shape index (κ1) is 17.0. The highest BCUT2D eigenvalue weighted by molar-refractivity contribution is 6.30. The smallest absolute Gasteiger partial charge is 0.250 e. The van der Waals surface area contributed by atoms with Gasteiger partial charge >= 0.3 is 0 Å². The van der Waals surface area contributed by atoms with Crippen molar-refractivity contribution < 1.29 is 4.52 Å². The maximum Gasteiger partial charge on any atom is 0.250 e. The lowest BCUT2D eigenvalue weighted by Gasteiger charge is -2.17. The third-order valence-electron chi connectivity index (χ3n) is 4.00. The summed E-state index contributed by atoms with van der Waals surface area (Å²) in [4.78, 5) is 4.44. The summed E-state index contributed by atoms with van der Waals surface area (Å²) < 4.78 is 5.31. The van der Waals surface area contributed by atoms with Crippen LogP contribution in [0.25, 0.3) is 11.6 Å². The summed E-state index contributed by atoms with van der Waals surface area (Å²) in [7, 11) is 0. The highest BCUT2D eigenvalue weighted by Crippen LogP contribution is 2.34. The molecular formula is C16H19Cl2N3O. The van der Waals surface area contributed by atoms with Gasteiger partial charge in [-0.25, -0.2) is 0 Å². The second-order valence-corrected chi connectivity index (χ2v) is 6.09. The summed E-state index contributed by atoms with van der Waals surface area (Å²) in [5.41, 5.74) is 7.97. The molecule has 0 saturated heterocycles. The molecule has 0 unspecified atom stereocenters. The van der Waals surface area contributed by atoms with E-state index in [2.05, 4.69) is 10.1 Å². The Bertz CT molecular complexity index is 676. The maximum absolute atomic E-state index is 6.33. The van der Waals surface area contributed by atoms with Crippen LogP contribution in [0.1, 0.15) is 49.9 Å². The average Bonchev–Trinajstić information content (AvgIpc) is 3.09. The van der Waals surface area contributed by atoms with Crippen molar-refractivity contribution in [1.29, 1.82) is 0 Å². The van der Waals surface area contributed by atoms with Crippen molar-refractivity contribution in [3.05, 3.63) is 46.6 Å². The van der Waals surface area contributed by atoms with E-state index in [-0.39, 0.29) is 12.4 Å². The van der Waals surface area contributed by atoms with Crippen molar-refractivity contribution in [3.8, 4) is 0 Å². The summed E-state index contributed by atoms with van der Waals surface area (Å²) in [6.07, 6.45) is 5.95. The van der Waals surface area contributed by atoms with Crippen molar-refractivity contribution in [2.45, 2.75) is 38.1 Å². The molecule has 1 aromatic carbocycles. The number of aromatic nitrogens is 2. The fraction of sp³-hybridized carbons (Fsp3) is 0.375. The molecule has 0 aliphatic heterocycles. The third kappa shape index (κ3) is 3.51. The molecule has 1 fully saturated rings. The Balaban J connectivity index is 0.00000176. The van der Waals surface area contributed by atoms with E-state index < -0.39 is 5.54 Å². The second kappa shape index (κ2) is 6.82. The molecule has 1 heterocycles. The molecule has 0 atom stereocenters. The molecule has 0 radical (unpaired) electrons. The van der Waals surface area contributed by atoms with E-state index >= 15 is 0 Å². The number of nitrogens with two attached hydrogens (primary N) is 1. The first-order valence-corrected chi connectivity index (χ1v) is 7.52. The van der Waals surface area contributed by atoms with Gasteiger partial charge in [0.1, 0.15) is 0 Å². The van der Waals surface area contributed by atoms with Crippen LogP contribution in [0.2, 0.25) is 5.02 Å². The highest BCUT2D eigenvalue weighted by atomic mass is 35.5. The predicted molar refractivity (Wildman–Crippen MR) is 90.9 cm³/mol. The van der Waals surface area contributed by atoms with Crippen LogP contribution in [0.3, 0.4) is 0 Å². The molecule has 0 spiro atoms. The van der Waals surface area contributed by atoms with E-state index in [1.54, 1.807) is 0 Å². The van der Waals surface area contributed by atoms with Crippen LogP contribution in [-0.4, -0.2) is 10.1 Å². The third-order valence-corrected chi connectivity index (χ3v) is 4.24. The van der Waals surface area contributed by atoms with Crippen LogP contribution < -0.4 is 5.73 Å². The van der Waals surface area contributed by atoms with Crippen LogP contribution in [0.15, 0.2) is 28.8 Å². The Morgan fingerprint density at radius 3 is 2.77 bits per heavy atom. The van der Waals surface area contributed by atoms with Gasteiger partial charge in [0, 0.05) is 11.1 Å². The minimum absolute atomic E-state index is 0. The van der Waals surface area contributed by atoms with Gasteiger partial charge in [-0.1, -0.05) is 41.7 Å². The molecule has 6 heteroatoms. The van der Waals surface area contributed by atoms with Crippen molar-refractivity contribution in [2.75, 3.05) is 0 Å². The lowest BCUT2D eigenvalue weighted by atomic mass is 9.99. The molecule has 22 heavy (non-hydrogen) atoms. The second-order valence-electron chi connectivity index (χ2n) is 5.66. The van der Waals surface area contributed by atoms with Crippen LogP contribution in [0.4, 0.5) is 0 Å². The van der Waals surface area contributed by atoms with Gasteiger partial charge in [0.05, 0.1) is 5.54 Å². The first-order chi connectivity index (χ1) is 10.1. The topological polar surface area (TPSA) is 64.9 Å². The Labute approximate surface area is 141 Å². The molecule has 1 aliphatic carbocycles. The molecule has 118 valence electrons. The maximum atomic E-state index is 6.33. The minimum atomic E-state index is -0.417. The number of hydrogen-bond acceptors (Lipinski definition) is 4. The van der Waals surface area contributed by atoms with E-state index in [0.29, 0.717) is 16.7 Å². The van der Waals surface area contributed by atoms with Gasteiger partial charge in [0.2, 0.25) is 0 Å². The fourth-order valence-electron chi connectivity index (χ4n) is 2.73. The summed E-state index contributed by atoms with van der Waals surface area (Å²) in [6.45, 7) is 1.99. The molecule has 1 saturated carbocycles. The van der Waals surface area contributed by atoms with Gasteiger partial charge in [-0.3, -0.25) is 0 Å². The molecule has 1 aromatic heterocycles. The van der Waals surface area contributed by atoms with E-state index in [1.165, 1.54) is 0 Å². The highest BCUT2D eigenvalue weighted by Gasteiger charge is 2.35. The zero-order valence-electron chi connectivity index (χ0n) is 12.4. The summed E-state index contributed by atoms with van der Waals surface area (Å²) in [5.74, 6) is 1.10. The van der Waals surface area contributed by atoms with Crippen LogP contribution in [-0.2, 0) is 5.54 Å². The number of nitrogens with zero attached hydrogens (tertiary/aromatic N) is 2. The van der Waals surface area contributed by atoms with E-state index in [4.69, 9.17) is 21.9 Å². The quantitative estimate of drug-likeness (QED) is 0.897. The number of rotatable bonds is 3. The zero-order valence-corrected chi connectivity index (χ0v) is 14.0. The fourth-order valence-corrected chi connectivity index (χ4v) is 2.92. The van der Waals surface area contributed by atoms with Crippen LogP contribution in [0, 0.1) is 0 Å². The van der Waals surface area contributed by atoms with Gasteiger partial charge in [0.25, 0.3) is 5.89 Å². The molecule has 3 rings (SSSR count). The molecular weight excluding hydrogens is 321 g/mol. The van der Waals surface area contributed by atoms with Crippen LogP contribution >= 0.6 is 24.0 Å². The minimum Gasteiger partial charge on any atom is -0.335 e. The zero-order chi connectivity index (χ0) is 14.9. The van der Waals surface area contributed by atoms with E-state index in [1.807, 2.05) is 37.3 Å². The Kier molecular flexibility index (Phi) is 5.27. The largest absolute Gasteiger partial charge is 0.335 e. The van der Waals surface area contributed by atoms with Crippen molar-refractivity contribution in [2.24, 2.45) is 5.73 Å². The average molecular weight is 340 g/mol. The van der Waals surface area contributed by atoms with E-state index in [0.717, 1.165) is 36.8 Å². The van der Waals surface area contributed by atoms with Crippen molar-refractivity contribution in [3.63, 3.8) is 0 Å². The number of benzene rings is 1. The number of hydrogen-bond donors (Lipinski definition) is 1. The van der Waals surface area contributed by atoms with Gasteiger partial charge in [-0.2, -0.15) is 4.98 Å².